The average Bonchev–Trinajstić information content (AvgIpc) is 3.18. The summed E-state index contributed by atoms with van der Waals surface area (Å²) in [5.74, 6) is 0.722. The van der Waals surface area contributed by atoms with Crippen LogP contribution in [0.5, 0.6) is 0 Å². The molecular formula is C29H40F2N4S. The fourth-order valence-corrected chi connectivity index (χ4v) is 6.18. The van der Waals surface area contributed by atoms with Crippen molar-refractivity contribution in [2.45, 2.75) is 89.2 Å². The molecule has 1 N–H and O–H groups in total. The van der Waals surface area contributed by atoms with Crippen molar-refractivity contribution in [2.24, 2.45) is 0 Å². The van der Waals surface area contributed by atoms with E-state index in [0.717, 1.165) is 53.7 Å². The highest BCUT2D eigenvalue weighted by molar-refractivity contribution is 7.97. The van der Waals surface area contributed by atoms with Crippen LogP contribution in [0.15, 0.2) is 48.5 Å². The molecule has 1 saturated heterocycles. The lowest BCUT2D eigenvalue weighted by Crippen LogP contribution is -2.37. The molecule has 2 aromatic carbocycles. The summed E-state index contributed by atoms with van der Waals surface area (Å²) in [5.41, 5.74) is 2.18. The summed E-state index contributed by atoms with van der Waals surface area (Å²) in [6.45, 7) is 7.51. The van der Waals surface area contributed by atoms with Crippen LogP contribution in [-0.4, -0.2) is 43.9 Å². The van der Waals surface area contributed by atoms with E-state index in [1.807, 2.05) is 18.2 Å². The number of benzene rings is 2. The number of nitrogens with one attached hydrogen (secondary N) is 1. The number of hydrogen-bond acceptors (Lipinski definition) is 4. The normalized spacial score (nSPS) is 18.1. The van der Waals surface area contributed by atoms with Gasteiger partial charge < -0.3 is 9.88 Å². The van der Waals surface area contributed by atoms with Gasteiger partial charge in [-0.05, 0) is 76.3 Å². The van der Waals surface area contributed by atoms with E-state index in [-0.39, 0.29) is 5.82 Å². The quantitative estimate of drug-likeness (QED) is 0.340. The number of imidazole rings is 1. The third-order valence-corrected chi connectivity index (χ3v) is 7.98. The minimum atomic E-state index is -1.00. The maximum Gasteiger partial charge on any atom is 0.204 e. The first-order chi connectivity index (χ1) is 17.2. The Balaban J connectivity index is 0.000000556. The monoisotopic (exact) mass is 514 g/mol. The first-order valence-electron chi connectivity index (χ1n) is 13.3. The predicted molar refractivity (Wildman–Crippen MR) is 149 cm³/mol. The lowest BCUT2D eigenvalue weighted by molar-refractivity contribution is 0.246. The Morgan fingerprint density at radius 2 is 1.58 bits per heavy atom. The number of halogens is 2. The van der Waals surface area contributed by atoms with Gasteiger partial charge in [0.2, 0.25) is 5.95 Å². The van der Waals surface area contributed by atoms with Crippen LogP contribution in [-0.2, 0) is 6.54 Å². The number of para-hydroxylation sites is 2. The van der Waals surface area contributed by atoms with E-state index in [2.05, 4.69) is 44.3 Å². The van der Waals surface area contributed by atoms with Gasteiger partial charge in [-0.1, -0.05) is 55.5 Å². The van der Waals surface area contributed by atoms with Crippen molar-refractivity contribution in [1.82, 2.24) is 13.9 Å². The summed E-state index contributed by atoms with van der Waals surface area (Å²) >= 11 is 2.11. The average molecular weight is 515 g/mol. The van der Waals surface area contributed by atoms with E-state index in [1.165, 1.54) is 65.0 Å². The van der Waals surface area contributed by atoms with Crippen molar-refractivity contribution < 1.29 is 8.78 Å². The summed E-state index contributed by atoms with van der Waals surface area (Å²) < 4.78 is 29.9. The Bertz CT molecular complexity index is 1070. The van der Waals surface area contributed by atoms with Crippen molar-refractivity contribution in [1.29, 1.82) is 0 Å². The van der Waals surface area contributed by atoms with Gasteiger partial charge in [0, 0.05) is 24.4 Å². The number of fused-ring (bicyclic) bond motifs is 1. The molecule has 0 unspecified atom stereocenters. The van der Waals surface area contributed by atoms with E-state index in [1.54, 1.807) is 0 Å². The van der Waals surface area contributed by atoms with Crippen LogP contribution in [0, 0.1) is 5.82 Å². The SMILES string of the molecule is CC(C)(C)F.Fc1ccc(Cn2c(NC3CCN(SC4CCCCC4)CC3)nc3ccccc32)cc1. The maximum atomic E-state index is 13.3. The maximum absolute atomic E-state index is 13.3. The molecule has 0 atom stereocenters. The third kappa shape index (κ3) is 8.20. The van der Waals surface area contributed by atoms with Crippen LogP contribution < -0.4 is 5.32 Å². The van der Waals surface area contributed by atoms with Gasteiger partial charge in [-0.3, -0.25) is 4.31 Å². The van der Waals surface area contributed by atoms with E-state index < -0.39 is 5.67 Å². The lowest BCUT2D eigenvalue weighted by atomic mass is 10.0. The minimum Gasteiger partial charge on any atom is -0.353 e. The molecule has 0 bridgehead atoms. The smallest absolute Gasteiger partial charge is 0.204 e. The first-order valence-corrected chi connectivity index (χ1v) is 14.1. The van der Waals surface area contributed by atoms with E-state index >= 15 is 0 Å². The van der Waals surface area contributed by atoms with Crippen molar-refractivity contribution in [2.75, 3.05) is 18.4 Å². The molecule has 1 aliphatic carbocycles. The molecule has 4 nitrogen and oxygen atoms in total. The Kier molecular flexibility index (Phi) is 9.29. The topological polar surface area (TPSA) is 33.1 Å². The summed E-state index contributed by atoms with van der Waals surface area (Å²) in [6.07, 6.45) is 9.27. The Labute approximate surface area is 219 Å². The van der Waals surface area contributed by atoms with Gasteiger partial charge in [0.15, 0.2) is 0 Å². The fourth-order valence-electron chi connectivity index (χ4n) is 4.79. The molecule has 3 aromatic rings. The summed E-state index contributed by atoms with van der Waals surface area (Å²) in [4.78, 5) is 4.89. The van der Waals surface area contributed by atoms with Crippen molar-refractivity contribution in [3.8, 4) is 0 Å². The Morgan fingerprint density at radius 3 is 2.25 bits per heavy atom. The molecule has 2 aliphatic rings. The van der Waals surface area contributed by atoms with E-state index in [9.17, 15) is 8.78 Å². The number of hydrogen-bond donors (Lipinski definition) is 1. The number of aromatic nitrogens is 2. The minimum absolute atomic E-state index is 0.199. The van der Waals surface area contributed by atoms with Crippen LogP contribution >= 0.6 is 11.9 Å². The first kappa shape index (κ1) is 26.9. The number of anilines is 1. The van der Waals surface area contributed by atoms with Gasteiger partial charge in [-0.15, -0.1) is 0 Å². The Morgan fingerprint density at radius 1 is 0.944 bits per heavy atom. The zero-order valence-electron chi connectivity index (χ0n) is 21.9. The molecule has 1 aliphatic heterocycles. The fraction of sp³-hybridized carbons (Fsp3) is 0.552. The van der Waals surface area contributed by atoms with Gasteiger partial charge in [0.25, 0.3) is 0 Å². The second kappa shape index (κ2) is 12.4. The largest absolute Gasteiger partial charge is 0.353 e. The highest BCUT2D eigenvalue weighted by atomic mass is 32.2. The molecule has 5 rings (SSSR count). The number of alkyl halides is 1. The number of nitrogens with zero attached hydrogens (tertiary/aromatic N) is 3. The molecule has 36 heavy (non-hydrogen) atoms. The molecule has 0 amide bonds. The lowest BCUT2D eigenvalue weighted by Gasteiger charge is -2.34. The highest BCUT2D eigenvalue weighted by Crippen LogP contribution is 2.33. The molecule has 2 fully saturated rings. The van der Waals surface area contributed by atoms with Crippen LogP contribution in [0.1, 0.15) is 71.3 Å². The molecule has 1 saturated carbocycles. The molecule has 7 heteroatoms. The van der Waals surface area contributed by atoms with E-state index in [0.29, 0.717) is 12.6 Å². The summed E-state index contributed by atoms with van der Waals surface area (Å²) in [5, 5.41) is 4.57. The molecule has 2 heterocycles. The number of rotatable bonds is 6. The standard InChI is InChI=1S/C25H31FN4S.C4H9F/c26-20-12-10-19(11-13-20)18-30-24-9-5-4-8-23(24)28-25(30)27-21-14-16-29(17-15-21)31-22-6-2-1-3-7-22;1-4(2,3)5/h4-5,8-13,21-22H,1-3,6-7,14-18H2,(H,27,28);1-3H3. The van der Waals surface area contributed by atoms with E-state index in [4.69, 9.17) is 4.98 Å². The predicted octanol–water partition coefficient (Wildman–Crippen LogP) is 7.84. The zero-order valence-corrected chi connectivity index (χ0v) is 22.7. The van der Waals surface area contributed by atoms with Gasteiger partial charge in [-0.25, -0.2) is 13.8 Å². The van der Waals surface area contributed by atoms with Gasteiger partial charge in [0.05, 0.1) is 17.6 Å². The second-order valence-electron chi connectivity index (χ2n) is 10.9. The third-order valence-electron chi connectivity index (χ3n) is 6.55. The molecule has 1 aromatic heterocycles. The van der Waals surface area contributed by atoms with Crippen LogP contribution in [0.25, 0.3) is 11.0 Å². The van der Waals surface area contributed by atoms with Gasteiger partial charge in [0.1, 0.15) is 11.5 Å². The van der Waals surface area contributed by atoms with Crippen molar-refractivity contribution in [3.63, 3.8) is 0 Å². The van der Waals surface area contributed by atoms with Crippen molar-refractivity contribution >= 4 is 28.9 Å². The van der Waals surface area contributed by atoms with Gasteiger partial charge in [-0.2, -0.15) is 0 Å². The van der Waals surface area contributed by atoms with Crippen LogP contribution in [0.4, 0.5) is 14.7 Å². The molecule has 0 spiro atoms. The van der Waals surface area contributed by atoms with Crippen LogP contribution in [0.3, 0.4) is 0 Å². The summed E-state index contributed by atoms with van der Waals surface area (Å²) in [6, 6.07) is 15.5. The molecular weight excluding hydrogens is 474 g/mol. The van der Waals surface area contributed by atoms with Gasteiger partial charge >= 0.3 is 0 Å². The summed E-state index contributed by atoms with van der Waals surface area (Å²) in [7, 11) is 0. The molecule has 196 valence electrons. The molecule has 0 radical (unpaired) electrons. The Hall–Kier alpha value is -2.12. The highest BCUT2D eigenvalue weighted by Gasteiger charge is 2.24. The van der Waals surface area contributed by atoms with Crippen molar-refractivity contribution in [3.05, 3.63) is 59.9 Å². The second-order valence-corrected chi connectivity index (χ2v) is 12.3. The zero-order chi connectivity index (χ0) is 25.5. The number of piperidine rings is 1. The van der Waals surface area contributed by atoms with Crippen LogP contribution in [0.2, 0.25) is 0 Å².